The zero-order valence-corrected chi connectivity index (χ0v) is 9.32. The van der Waals surface area contributed by atoms with E-state index in [1.54, 1.807) is 19.1 Å². The van der Waals surface area contributed by atoms with Crippen LogP contribution >= 0.6 is 0 Å². The van der Waals surface area contributed by atoms with E-state index in [0.29, 0.717) is 10.9 Å². The smallest absolute Gasteiger partial charge is 0.294 e. The highest BCUT2D eigenvalue weighted by Crippen LogP contribution is 2.27. The SMILES string of the molecule is Cc1c(O)ccc2cc(S(=O)(=O)O)ccc12. The highest BCUT2D eigenvalue weighted by Gasteiger charge is 2.11. The minimum atomic E-state index is -4.18. The Labute approximate surface area is 92.9 Å². The van der Waals surface area contributed by atoms with Crippen LogP contribution in [0.25, 0.3) is 10.8 Å². The van der Waals surface area contributed by atoms with E-state index in [1.807, 2.05) is 0 Å². The summed E-state index contributed by atoms with van der Waals surface area (Å²) >= 11 is 0. The lowest BCUT2D eigenvalue weighted by Crippen LogP contribution is -1.97. The number of benzene rings is 2. The van der Waals surface area contributed by atoms with Crippen molar-refractivity contribution in [1.82, 2.24) is 0 Å². The van der Waals surface area contributed by atoms with Gasteiger partial charge in [0.15, 0.2) is 0 Å². The van der Waals surface area contributed by atoms with Crippen LogP contribution in [0.4, 0.5) is 0 Å². The number of hydrogen-bond acceptors (Lipinski definition) is 3. The molecule has 2 rings (SSSR count). The van der Waals surface area contributed by atoms with Crippen LogP contribution in [-0.4, -0.2) is 18.1 Å². The maximum absolute atomic E-state index is 10.9. The zero-order valence-electron chi connectivity index (χ0n) is 8.51. The highest BCUT2D eigenvalue weighted by molar-refractivity contribution is 7.85. The lowest BCUT2D eigenvalue weighted by molar-refractivity contribution is 0.472. The summed E-state index contributed by atoms with van der Waals surface area (Å²) in [7, 11) is -4.18. The van der Waals surface area contributed by atoms with Crippen molar-refractivity contribution >= 4 is 20.9 Å². The summed E-state index contributed by atoms with van der Waals surface area (Å²) in [6.45, 7) is 1.74. The van der Waals surface area contributed by atoms with Gasteiger partial charge in [0.05, 0.1) is 4.90 Å². The van der Waals surface area contributed by atoms with Crippen molar-refractivity contribution in [3.05, 3.63) is 35.9 Å². The fourth-order valence-corrected chi connectivity index (χ4v) is 2.13. The number of fused-ring (bicyclic) bond motifs is 1. The van der Waals surface area contributed by atoms with Crippen molar-refractivity contribution in [2.45, 2.75) is 11.8 Å². The number of rotatable bonds is 1. The lowest BCUT2D eigenvalue weighted by Gasteiger charge is -2.05. The highest BCUT2D eigenvalue weighted by atomic mass is 32.2. The van der Waals surface area contributed by atoms with Crippen LogP contribution in [-0.2, 0) is 10.1 Å². The summed E-state index contributed by atoms with van der Waals surface area (Å²) in [6, 6.07) is 7.34. The van der Waals surface area contributed by atoms with Crippen LogP contribution in [0, 0.1) is 6.92 Å². The molecule has 0 atom stereocenters. The molecule has 0 saturated heterocycles. The predicted octanol–water partition coefficient (Wildman–Crippen LogP) is 2.10. The van der Waals surface area contributed by atoms with Gasteiger partial charge < -0.3 is 5.11 Å². The number of phenols is 1. The molecule has 0 bridgehead atoms. The van der Waals surface area contributed by atoms with Gasteiger partial charge in [-0.15, -0.1) is 0 Å². The average Bonchev–Trinajstić information content (AvgIpc) is 2.22. The second kappa shape index (κ2) is 3.47. The van der Waals surface area contributed by atoms with Crippen LogP contribution in [0.15, 0.2) is 35.2 Å². The van der Waals surface area contributed by atoms with E-state index in [4.69, 9.17) is 4.55 Å². The molecule has 0 fully saturated rings. The van der Waals surface area contributed by atoms with E-state index in [1.165, 1.54) is 18.2 Å². The fraction of sp³-hybridized carbons (Fsp3) is 0.0909. The number of phenolic OH excluding ortho intramolecular Hbond substituents is 1. The average molecular weight is 238 g/mol. The van der Waals surface area contributed by atoms with E-state index in [-0.39, 0.29) is 10.6 Å². The molecule has 84 valence electrons. The van der Waals surface area contributed by atoms with Crippen LogP contribution in [0.3, 0.4) is 0 Å². The Balaban J connectivity index is 2.80. The van der Waals surface area contributed by atoms with Crippen LogP contribution in [0.2, 0.25) is 0 Å². The molecule has 0 saturated carbocycles. The Kier molecular flexibility index (Phi) is 2.36. The van der Waals surface area contributed by atoms with Gasteiger partial charge in [0.25, 0.3) is 10.1 Å². The molecule has 2 aromatic carbocycles. The van der Waals surface area contributed by atoms with Gasteiger partial charge in [0.2, 0.25) is 0 Å². The summed E-state index contributed by atoms with van der Waals surface area (Å²) in [5, 5.41) is 10.9. The maximum atomic E-state index is 10.9. The molecular formula is C11H10O4S. The van der Waals surface area contributed by atoms with Crippen molar-refractivity contribution < 1.29 is 18.1 Å². The molecule has 5 heteroatoms. The lowest BCUT2D eigenvalue weighted by atomic mass is 10.1. The van der Waals surface area contributed by atoms with Gasteiger partial charge in [0.1, 0.15) is 5.75 Å². The van der Waals surface area contributed by atoms with Crippen LogP contribution in [0.1, 0.15) is 5.56 Å². The quantitative estimate of drug-likeness (QED) is 0.746. The minimum Gasteiger partial charge on any atom is -0.508 e. The first-order valence-electron chi connectivity index (χ1n) is 4.59. The first-order chi connectivity index (χ1) is 7.39. The van der Waals surface area contributed by atoms with Crippen molar-refractivity contribution in [1.29, 1.82) is 0 Å². The van der Waals surface area contributed by atoms with E-state index < -0.39 is 10.1 Å². The zero-order chi connectivity index (χ0) is 11.9. The molecule has 2 aromatic rings. The molecule has 0 aliphatic carbocycles. The summed E-state index contributed by atoms with van der Waals surface area (Å²) in [6.07, 6.45) is 0. The topological polar surface area (TPSA) is 74.6 Å². The molecule has 0 amide bonds. The Morgan fingerprint density at radius 3 is 2.44 bits per heavy atom. The molecule has 0 unspecified atom stereocenters. The summed E-state index contributed by atoms with van der Waals surface area (Å²) in [5.74, 6) is 0.159. The Morgan fingerprint density at radius 2 is 1.81 bits per heavy atom. The number of aromatic hydroxyl groups is 1. The molecule has 16 heavy (non-hydrogen) atoms. The third-order valence-corrected chi connectivity index (χ3v) is 3.38. The summed E-state index contributed by atoms with van der Waals surface area (Å²) < 4.78 is 30.8. The Bertz CT molecular complexity index is 659. The van der Waals surface area contributed by atoms with Crippen LogP contribution in [0.5, 0.6) is 5.75 Å². The first kappa shape index (κ1) is 10.9. The van der Waals surface area contributed by atoms with Gasteiger partial charge in [-0.1, -0.05) is 12.1 Å². The summed E-state index contributed by atoms with van der Waals surface area (Å²) in [4.78, 5) is -0.148. The molecule has 0 heterocycles. The third kappa shape index (κ3) is 1.75. The number of aryl methyl sites for hydroxylation is 1. The molecule has 2 N–H and O–H groups in total. The van der Waals surface area contributed by atoms with Gasteiger partial charge in [-0.05, 0) is 41.5 Å². The van der Waals surface area contributed by atoms with Gasteiger partial charge in [-0.3, -0.25) is 4.55 Å². The molecular weight excluding hydrogens is 228 g/mol. The van der Waals surface area contributed by atoms with E-state index in [9.17, 15) is 13.5 Å². The third-order valence-electron chi connectivity index (χ3n) is 2.53. The van der Waals surface area contributed by atoms with Gasteiger partial charge in [-0.25, -0.2) is 0 Å². The second-order valence-corrected chi connectivity index (χ2v) is 4.99. The number of hydrogen-bond donors (Lipinski definition) is 2. The van der Waals surface area contributed by atoms with E-state index in [2.05, 4.69) is 0 Å². The molecule has 4 nitrogen and oxygen atoms in total. The maximum Gasteiger partial charge on any atom is 0.294 e. The van der Waals surface area contributed by atoms with Crippen molar-refractivity contribution in [3.8, 4) is 5.75 Å². The Morgan fingerprint density at radius 1 is 1.12 bits per heavy atom. The molecule has 0 aliphatic heterocycles. The van der Waals surface area contributed by atoms with Gasteiger partial charge in [0, 0.05) is 0 Å². The van der Waals surface area contributed by atoms with Crippen LogP contribution < -0.4 is 0 Å². The van der Waals surface area contributed by atoms with Crippen molar-refractivity contribution in [2.75, 3.05) is 0 Å². The standard InChI is InChI=1S/C11H10O4S/c1-7-10-4-3-9(16(13,14)15)6-8(10)2-5-11(7)12/h2-6,12H,1H3,(H,13,14,15). The van der Waals surface area contributed by atoms with E-state index >= 15 is 0 Å². The van der Waals surface area contributed by atoms with Gasteiger partial charge in [-0.2, -0.15) is 8.42 Å². The first-order valence-corrected chi connectivity index (χ1v) is 6.03. The van der Waals surface area contributed by atoms with Crippen molar-refractivity contribution in [3.63, 3.8) is 0 Å². The summed E-state index contributed by atoms with van der Waals surface area (Å²) in [5.41, 5.74) is 0.680. The predicted molar refractivity (Wildman–Crippen MR) is 60.2 cm³/mol. The molecule has 0 aromatic heterocycles. The molecule has 0 spiro atoms. The Hall–Kier alpha value is -1.59. The molecule has 0 radical (unpaired) electrons. The second-order valence-electron chi connectivity index (χ2n) is 3.57. The van der Waals surface area contributed by atoms with Crippen molar-refractivity contribution in [2.24, 2.45) is 0 Å². The van der Waals surface area contributed by atoms with Gasteiger partial charge >= 0.3 is 0 Å². The largest absolute Gasteiger partial charge is 0.508 e. The van der Waals surface area contributed by atoms with E-state index in [0.717, 1.165) is 5.39 Å². The monoisotopic (exact) mass is 238 g/mol. The minimum absolute atomic E-state index is 0.148. The fourth-order valence-electron chi connectivity index (χ4n) is 1.61. The normalized spacial score (nSPS) is 11.9. The molecule has 0 aliphatic rings.